The lowest BCUT2D eigenvalue weighted by atomic mass is 9.67. The van der Waals surface area contributed by atoms with Gasteiger partial charge in [0.15, 0.2) is 11.2 Å². The third-order valence-electron chi connectivity index (χ3n) is 11.4. The number of rotatable bonds is 24. The topological polar surface area (TPSA) is 157 Å². The summed E-state index contributed by atoms with van der Waals surface area (Å²) in [7, 11) is 2.26. The smallest absolute Gasteiger partial charge is 0.336 e. The van der Waals surface area contributed by atoms with Crippen LogP contribution in [0.15, 0.2) is 43.4 Å². The van der Waals surface area contributed by atoms with E-state index in [9.17, 15) is 9.90 Å². The van der Waals surface area contributed by atoms with Crippen LogP contribution in [0.2, 0.25) is 51.4 Å². The second kappa shape index (κ2) is 20.9. The van der Waals surface area contributed by atoms with Gasteiger partial charge >= 0.3 is 5.97 Å². The molecule has 336 valence electrons. The Morgan fingerprint density at radius 2 is 1.69 bits per heavy atom. The second-order valence-electron chi connectivity index (χ2n) is 18.4. The van der Waals surface area contributed by atoms with Crippen LogP contribution < -0.4 is 4.90 Å². The number of anilines is 1. The Morgan fingerprint density at radius 1 is 1.00 bits per heavy atom. The Kier molecular flexibility index (Phi) is 16.5. The fourth-order valence-electron chi connectivity index (χ4n) is 7.81. The summed E-state index contributed by atoms with van der Waals surface area (Å²) in [4.78, 5) is 25.6. The van der Waals surface area contributed by atoms with E-state index in [0.717, 1.165) is 40.3 Å². The van der Waals surface area contributed by atoms with E-state index in [0.29, 0.717) is 55.4 Å². The number of aromatic nitrogens is 6. The number of carboxylic acids is 1. The van der Waals surface area contributed by atoms with Crippen LogP contribution in [0, 0.1) is 5.92 Å². The van der Waals surface area contributed by atoms with Crippen molar-refractivity contribution in [2.45, 2.75) is 102 Å². The summed E-state index contributed by atoms with van der Waals surface area (Å²) in [6, 6.07) is 7.89. The van der Waals surface area contributed by atoms with Gasteiger partial charge in [0.2, 0.25) is 0 Å². The van der Waals surface area contributed by atoms with E-state index in [-0.39, 0.29) is 39.0 Å². The van der Waals surface area contributed by atoms with Crippen molar-refractivity contribution in [2.75, 3.05) is 65.6 Å². The van der Waals surface area contributed by atoms with E-state index in [1.807, 2.05) is 62.2 Å². The van der Waals surface area contributed by atoms with E-state index in [2.05, 4.69) is 55.9 Å². The van der Waals surface area contributed by atoms with Crippen LogP contribution in [-0.2, 0) is 40.3 Å². The van der Waals surface area contributed by atoms with Gasteiger partial charge in [0.05, 0.1) is 49.1 Å². The summed E-state index contributed by atoms with van der Waals surface area (Å²) >= 11 is 0. The fourth-order valence-corrected chi connectivity index (χ4v) is 9.32. The molecule has 1 N–H and O–H groups in total. The standard InChI is InChI=1S/C44H69N7O8Si2/c1-13-58-32(3)39-40(33-16-18-44(43(52)53,59-21-20-54-5)36(26-33)31(2)55-6)47-41-35(34-14-15-37(45-27-34)38-17-19-49(4)48-38)28-46-51(41)42(39)50(29-56-22-24-60(7,8)9)30-57-23-25-61(10,11)12/h14-15,17,19,27-28,31,33,36H,3,13,16,18,20-26,29-30H2,1-2,4-12H3,(H,52,53)/t31?,33-,36?,44-/m1/s1. The Morgan fingerprint density at radius 3 is 2.23 bits per heavy atom. The number of nitrogens with zero attached hydrogens (tertiary/aromatic N) is 7. The number of methoxy groups -OCH3 is 2. The van der Waals surface area contributed by atoms with E-state index < -0.39 is 39.7 Å². The van der Waals surface area contributed by atoms with Gasteiger partial charge < -0.3 is 38.4 Å². The molecular formula is C44H69N7O8Si2. The minimum atomic E-state index is -1.49. The lowest BCUT2D eigenvalue weighted by molar-refractivity contribution is -0.193. The molecule has 1 fully saturated rings. The average molecular weight is 880 g/mol. The molecule has 1 aliphatic rings. The highest BCUT2D eigenvalue weighted by Crippen LogP contribution is 2.49. The summed E-state index contributed by atoms with van der Waals surface area (Å²) in [5, 5.41) is 20.4. The molecule has 0 radical (unpaired) electrons. The monoisotopic (exact) mass is 879 g/mol. The molecule has 4 aromatic heterocycles. The molecule has 0 saturated heterocycles. The van der Waals surface area contributed by atoms with Crippen molar-refractivity contribution in [1.29, 1.82) is 0 Å². The number of aryl methyl sites for hydroxylation is 1. The van der Waals surface area contributed by atoms with Gasteiger partial charge in [0.25, 0.3) is 0 Å². The first-order chi connectivity index (χ1) is 28.9. The third-order valence-corrected chi connectivity index (χ3v) is 14.8. The molecule has 4 aromatic rings. The molecule has 5 rings (SSSR count). The first-order valence-corrected chi connectivity index (χ1v) is 28.8. The van der Waals surface area contributed by atoms with Crippen molar-refractivity contribution in [3.8, 4) is 22.5 Å². The zero-order valence-electron chi connectivity index (χ0n) is 38.3. The SMILES string of the molecule is C=C(OCC)c1c([C@@H]2CC[C@](OCCOC)(C(=O)O)C(C(C)OC)C2)nc2c(-c3ccc(-c4ccn(C)n4)nc3)cnn2c1N(COCC[Si](C)(C)C)COCC[Si](C)(C)C. The van der Waals surface area contributed by atoms with Crippen molar-refractivity contribution in [3.63, 3.8) is 0 Å². The maximum atomic E-state index is 13.3. The van der Waals surface area contributed by atoms with Crippen LogP contribution in [-0.4, -0.2) is 129 Å². The van der Waals surface area contributed by atoms with Gasteiger partial charge in [-0.1, -0.05) is 51.9 Å². The normalized spacial score (nSPS) is 19.0. The largest absolute Gasteiger partial charge is 0.494 e. The lowest BCUT2D eigenvalue weighted by Gasteiger charge is -2.45. The summed E-state index contributed by atoms with van der Waals surface area (Å²) in [6.45, 7) is 24.8. The number of ether oxygens (including phenoxy) is 6. The minimum Gasteiger partial charge on any atom is -0.494 e. The number of aliphatic carboxylic acids is 1. The van der Waals surface area contributed by atoms with Gasteiger partial charge in [0, 0.05) is 86.0 Å². The van der Waals surface area contributed by atoms with Crippen LogP contribution >= 0.6 is 0 Å². The number of carboxylic acid groups (broad SMARTS) is 1. The predicted octanol–water partition coefficient (Wildman–Crippen LogP) is 8.04. The molecule has 4 heterocycles. The van der Waals surface area contributed by atoms with Crippen LogP contribution in [0.5, 0.6) is 0 Å². The Balaban J connectivity index is 1.72. The molecular weight excluding hydrogens is 811 g/mol. The third kappa shape index (κ3) is 11.9. The van der Waals surface area contributed by atoms with Crippen molar-refractivity contribution in [2.24, 2.45) is 13.0 Å². The quantitative estimate of drug-likeness (QED) is 0.0313. The molecule has 0 spiro atoms. The molecule has 2 unspecified atom stereocenters. The van der Waals surface area contributed by atoms with Gasteiger partial charge in [-0.3, -0.25) is 9.67 Å². The van der Waals surface area contributed by atoms with Crippen molar-refractivity contribution in [3.05, 3.63) is 54.6 Å². The summed E-state index contributed by atoms with van der Waals surface area (Å²) in [5.74, 6) is -0.689. The number of fused-ring (bicyclic) bond motifs is 1. The number of carbonyl (C=O) groups is 1. The number of hydrogen-bond acceptors (Lipinski definition) is 12. The Hall–Kier alpha value is -3.98. The highest BCUT2D eigenvalue weighted by atomic mass is 28.3. The van der Waals surface area contributed by atoms with Gasteiger partial charge in [-0.05, 0) is 57.3 Å². The predicted molar refractivity (Wildman–Crippen MR) is 244 cm³/mol. The van der Waals surface area contributed by atoms with E-state index in [4.69, 9.17) is 43.5 Å². The second-order valence-corrected chi connectivity index (χ2v) is 29.7. The maximum absolute atomic E-state index is 13.3. The van der Waals surface area contributed by atoms with Crippen LogP contribution in [0.3, 0.4) is 0 Å². The Bertz CT molecular complexity index is 2040. The fraction of sp³-hybridized carbons (Fsp3) is 0.614. The molecule has 0 aliphatic heterocycles. The Labute approximate surface area is 363 Å². The molecule has 15 nitrogen and oxygen atoms in total. The average Bonchev–Trinajstić information content (AvgIpc) is 3.85. The highest BCUT2D eigenvalue weighted by Gasteiger charge is 2.54. The lowest BCUT2D eigenvalue weighted by Crippen LogP contribution is -2.55. The van der Waals surface area contributed by atoms with Gasteiger partial charge in [-0.15, -0.1) is 0 Å². The highest BCUT2D eigenvalue weighted by molar-refractivity contribution is 6.76. The number of hydrogen-bond donors (Lipinski definition) is 1. The van der Waals surface area contributed by atoms with E-state index in [1.54, 1.807) is 18.9 Å². The van der Waals surface area contributed by atoms with Crippen LogP contribution in [0.25, 0.3) is 33.9 Å². The first kappa shape index (κ1) is 48.1. The van der Waals surface area contributed by atoms with Gasteiger partial charge in [-0.2, -0.15) is 14.7 Å². The van der Waals surface area contributed by atoms with Gasteiger partial charge in [-0.25, -0.2) is 9.78 Å². The van der Waals surface area contributed by atoms with Crippen molar-refractivity contribution >= 4 is 39.3 Å². The molecule has 0 bridgehead atoms. The summed E-state index contributed by atoms with van der Waals surface area (Å²) in [5.41, 5.74) is 3.63. The molecule has 0 aromatic carbocycles. The molecule has 17 heteroatoms. The molecule has 61 heavy (non-hydrogen) atoms. The summed E-state index contributed by atoms with van der Waals surface area (Å²) < 4.78 is 40.3. The maximum Gasteiger partial charge on any atom is 0.336 e. The molecule has 0 amide bonds. The molecule has 1 saturated carbocycles. The number of pyridine rings is 1. The van der Waals surface area contributed by atoms with Crippen molar-refractivity contribution in [1.82, 2.24) is 29.4 Å². The summed E-state index contributed by atoms with van der Waals surface area (Å²) in [6.07, 6.45) is 6.17. The van der Waals surface area contributed by atoms with Crippen LogP contribution in [0.4, 0.5) is 5.82 Å². The van der Waals surface area contributed by atoms with Crippen molar-refractivity contribution < 1.29 is 38.3 Å². The zero-order valence-corrected chi connectivity index (χ0v) is 40.3. The minimum absolute atomic E-state index is 0.137. The van der Waals surface area contributed by atoms with E-state index in [1.165, 1.54) is 0 Å². The van der Waals surface area contributed by atoms with Gasteiger partial charge in [0.1, 0.15) is 30.7 Å². The molecule has 4 atom stereocenters. The zero-order chi connectivity index (χ0) is 44.5. The van der Waals surface area contributed by atoms with E-state index >= 15 is 0 Å². The first-order valence-electron chi connectivity index (χ1n) is 21.4. The molecule has 1 aliphatic carbocycles. The van der Waals surface area contributed by atoms with Crippen LogP contribution in [0.1, 0.15) is 50.3 Å².